The van der Waals surface area contributed by atoms with Crippen LogP contribution in [0, 0.1) is 0 Å². The maximum absolute atomic E-state index is 12.3. The van der Waals surface area contributed by atoms with Crippen molar-refractivity contribution in [3.8, 4) is 0 Å². The van der Waals surface area contributed by atoms with Crippen LogP contribution in [0.3, 0.4) is 0 Å². The highest BCUT2D eigenvalue weighted by Crippen LogP contribution is 2.39. The quantitative estimate of drug-likeness (QED) is 0.714. The normalized spacial score (nSPS) is 18.4. The molecule has 0 amide bonds. The van der Waals surface area contributed by atoms with Gasteiger partial charge in [0, 0.05) is 5.02 Å². The molecule has 0 saturated carbocycles. The summed E-state index contributed by atoms with van der Waals surface area (Å²) in [6.45, 7) is 0.122. The Morgan fingerprint density at radius 1 is 1.16 bits per heavy atom. The van der Waals surface area contributed by atoms with E-state index in [9.17, 15) is 14.7 Å². The highest BCUT2D eigenvalue weighted by Gasteiger charge is 2.35. The topological polar surface area (TPSA) is 87.7 Å². The molecule has 6 nitrogen and oxygen atoms in total. The number of carboxylic acids is 1. The maximum atomic E-state index is 12.3. The third-order valence-corrected chi connectivity index (χ3v) is 4.49. The van der Waals surface area contributed by atoms with Crippen LogP contribution in [0.4, 0.5) is 11.4 Å². The van der Waals surface area contributed by atoms with Crippen LogP contribution in [0.5, 0.6) is 0 Å². The number of fused-ring (bicyclic) bond motifs is 1. The van der Waals surface area contributed by atoms with Gasteiger partial charge in [-0.1, -0.05) is 23.7 Å². The fourth-order valence-corrected chi connectivity index (χ4v) is 3.14. The monoisotopic (exact) mass is 356 g/mol. The zero-order valence-corrected chi connectivity index (χ0v) is 13.6. The predicted molar refractivity (Wildman–Crippen MR) is 92.8 cm³/mol. The van der Waals surface area contributed by atoms with E-state index in [1.165, 1.54) is 12.1 Å². The van der Waals surface area contributed by atoms with Crippen molar-refractivity contribution in [3.63, 3.8) is 0 Å². The molecule has 3 N–H and O–H groups in total. The number of hydrogen-bond donors (Lipinski definition) is 3. The zero-order valence-electron chi connectivity index (χ0n) is 12.9. The number of ether oxygens (including phenoxy) is 1. The second kappa shape index (κ2) is 5.82. The largest absolute Gasteiger partial charge is 0.478 e. The molecule has 0 bridgehead atoms. The Kier molecular flexibility index (Phi) is 3.62. The summed E-state index contributed by atoms with van der Waals surface area (Å²) in [6.07, 6.45) is 0. The van der Waals surface area contributed by atoms with E-state index in [0.717, 1.165) is 5.56 Å². The van der Waals surface area contributed by atoms with Gasteiger partial charge in [-0.05, 0) is 35.9 Å². The minimum Gasteiger partial charge on any atom is -0.478 e. The molecule has 2 aliphatic heterocycles. The third kappa shape index (κ3) is 2.70. The van der Waals surface area contributed by atoms with Crippen molar-refractivity contribution in [1.29, 1.82) is 0 Å². The SMILES string of the molecule is O=C1OCC2=C1C(c1ccc(Cl)cc1)Nc1ccc(C(=O)O)cc1N2. The van der Waals surface area contributed by atoms with Crippen LogP contribution in [0.1, 0.15) is 22.0 Å². The molecule has 4 rings (SSSR count). The van der Waals surface area contributed by atoms with Crippen LogP contribution in [0.25, 0.3) is 0 Å². The van der Waals surface area contributed by atoms with Gasteiger partial charge in [0.05, 0.1) is 34.3 Å². The van der Waals surface area contributed by atoms with E-state index in [0.29, 0.717) is 27.7 Å². The summed E-state index contributed by atoms with van der Waals surface area (Å²) in [7, 11) is 0. The Bertz CT molecular complexity index is 921. The first-order chi connectivity index (χ1) is 12.0. The van der Waals surface area contributed by atoms with E-state index < -0.39 is 18.0 Å². The number of cyclic esters (lactones) is 1. The fourth-order valence-electron chi connectivity index (χ4n) is 3.01. The summed E-state index contributed by atoms with van der Waals surface area (Å²) in [5.74, 6) is -1.42. The molecule has 0 aliphatic carbocycles. The second-order valence-corrected chi connectivity index (χ2v) is 6.22. The molecule has 2 aromatic carbocycles. The molecule has 7 heteroatoms. The number of rotatable bonds is 2. The number of halogens is 1. The van der Waals surface area contributed by atoms with Gasteiger partial charge in [0.1, 0.15) is 6.61 Å². The highest BCUT2D eigenvalue weighted by atomic mass is 35.5. The Morgan fingerprint density at radius 3 is 2.64 bits per heavy atom. The molecule has 0 saturated heterocycles. The number of carbonyl (C=O) groups excluding carboxylic acids is 1. The third-order valence-electron chi connectivity index (χ3n) is 4.24. The van der Waals surface area contributed by atoms with Gasteiger partial charge in [0.15, 0.2) is 0 Å². The van der Waals surface area contributed by atoms with Gasteiger partial charge in [-0.2, -0.15) is 0 Å². The number of esters is 1. The molecule has 0 radical (unpaired) electrons. The minimum absolute atomic E-state index is 0.122. The lowest BCUT2D eigenvalue weighted by Gasteiger charge is -2.20. The molecule has 2 aliphatic rings. The van der Waals surface area contributed by atoms with Gasteiger partial charge in [-0.15, -0.1) is 0 Å². The fraction of sp³-hybridized carbons (Fsp3) is 0.111. The Morgan fingerprint density at radius 2 is 1.92 bits per heavy atom. The van der Waals surface area contributed by atoms with Gasteiger partial charge in [-0.25, -0.2) is 9.59 Å². The summed E-state index contributed by atoms with van der Waals surface area (Å²) < 4.78 is 5.17. The number of nitrogens with one attached hydrogen (secondary N) is 2. The zero-order chi connectivity index (χ0) is 17.6. The van der Waals surface area contributed by atoms with Crippen LogP contribution in [0.15, 0.2) is 53.7 Å². The average molecular weight is 357 g/mol. The second-order valence-electron chi connectivity index (χ2n) is 5.79. The van der Waals surface area contributed by atoms with Crippen molar-refractivity contribution in [2.45, 2.75) is 6.04 Å². The van der Waals surface area contributed by atoms with Crippen LogP contribution in [-0.4, -0.2) is 23.7 Å². The smallest absolute Gasteiger partial charge is 0.338 e. The molecule has 0 spiro atoms. The molecule has 0 fully saturated rings. The Balaban J connectivity index is 1.83. The molecule has 25 heavy (non-hydrogen) atoms. The summed E-state index contributed by atoms with van der Waals surface area (Å²) in [6, 6.07) is 11.5. The van der Waals surface area contributed by atoms with Crippen molar-refractivity contribution in [2.24, 2.45) is 0 Å². The number of anilines is 2. The van der Waals surface area contributed by atoms with E-state index in [1.807, 2.05) is 12.1 Å². The van der Waals surface area contributed by atoms with Crippen molar-refractivity contribution in [2.75, 3.05) is 17.2 Å². The summed E-state index contributed by atoms with van der Waals surface area (Å²) >= 11 is 5.96. The van der Waals surface area contributed by atoms with E-state index >= 15 is 0 Å². The van der Waals surface area contributed by atoms with Crippen molar-refractivity contribution in [3.05, 3.63) is 69.9 Å². The number of carboxylic acid groups (broad SMARTS) is 1. The van der Waals surface area contributed by atoms with Crippen molar-refractivity contribution < 1.29 is 19.4 Å². The van der Waals surface area contributed by atoms with Crippen LogP contribution < -0.4 is 10.6 Å². The summed E-state index contributed by atoms with van der Waals surface area (Å²) in [5, 5.41) is 16.2. The van der Waals surface area contributed by atoms with Gasteiger partial charge < -0.3 is 20.5 Å². The van der Waals surface area contributed by atoms with Crippen molar-refractivity contribution >= 4 is 34.9 Å². The van der Waals surface area contributed by atoms with E-state index in [4.69, 9.17) is 16.3 Å². The molecule has 0 aromatic heterocycles. The Labute approximate surface area is 148 Å². The molecule has 2 heterocycles. The molecule has 126 valence electrons. The Hall–Kier alpha value is -2.99. The number of benzene rings is 2. The molecular formula is C18H13ClN2O4. The first kappa shape index (κ1) is 15.5. The number of aromatic carboxylic acids is 1. The van der Waals surface area contributed by atoms with Gasteiger partial charge in [0.2, 0.25) is 0 Å². The lowest BCUT2D eigenvalue weighted by Crippen LogP contribution is -2.17. The maximum Gasteiger partial charge on any atom is 0.338 e. The minimum atomic E-state index is -1.02. The van der Waals surface area contributed by atoms with E-state index in [1.54, 1.807) is 18.2 Å². The number of hydrogen-bond acceptors (Lipinski definition) is 5. The highest BCUT2D eigenvalue weighted by molar-refractivity contribution is 6.30. The lowest BCUT2D eigenvalue weighted by molar-refractivity contribution is -0.136. The average Bonchev–Trinajstić information content (AvgIpc) is 2.86. The molecule has 2 aromatic rings. The standard InChI is InChI=1S/C18H13ClN2O4/c19-11-4-1-9(2-5-11)16-15-14(8-25-18(15)24)20-13-7-10(17(22)23)3-6-12(13)21-16/h1-7,16,20-21H,8H2,(H,22,23). The van der Waals surface area contributed by atoms with Crippen LogP contribution in [-0.2, 0) is 9.53 Å². The molecular weight excluding hydrogens is 344 g/mol. The van der Waals surface area contributed by atoms with Gasteiger partial charge in [0.25, 0.3) is 0 Å². The first-order valence-electron chi connectivity index (χ1n) is 7.59. The summed E-state index contributed by atoms with van der Waals surface area (Å²) in [5.41, 5.74) is 3.40. The van der Waals surface area contributed by atoms with E-state index in [-0.39, 0.29) is 12.2 Å². The molecule has 1 atom stereocenters. The van der Waals surface area contributed by atoms with Gasteiger partial charge >= 0.3 is 11.9 Å². The number of carbonyl (C=O) groups is 2. The first-order valence-corrected chi connectivity index (χ1v) is 7.97. The van der Waals surface area contributed by atoms with Gasteiger partial charge in [-0.3, -0.25) is 0 Å². The van der Waals surface area contributed by atoms with Crippen LogP contribution in [0.2, 0.25) is 5.02 Å². The van der Waals surface area contributed by atoms with Crippen LogP contribution >= 0.6 is 11.6 Å². The van der Waals surface area contributed by atoms with E-state index in [2.05, 4.69) is 10.6 Å². The van der Waals surface area contributed by atoms with Crippen molar-refractivity contribution in [1.82, 2.24) is 0 Å². The predicted octanol–water partition coefficient (Wildman–Crippen LogP) is 3.43. The lowest BCUT2D eigenvalue weighted by atomic mass is 9.98. The molecule has 1 unspecified atom stereocenters. The summed E-state index contributed by atoms with van der Waals surface area (Å²) in [4.78, 5) is 23.5.